The molecule has 4 amide bonds. The largest absolute Gasteiger partial charge is 0.398 e. The van der Waals surface area contributed by atoms with Crippen LogP contribution in [0.3, 0.4) is 0 Å². The Morgan fingerprint density at radius 1 is 1.10 bits per heavy atom. The van der Waals surface area contributed by atoms with Crippen molar-refractivity contribution in [2.75, 3.05) is 47.9 Å². The molecule has 0 unspecified atom stereocenters. The lowest BCUT2D eigenvalue weighted by Gasteiger charge is -2.26. The van der Waals surface area contributed by atoms with E-state index in [0.717, 1.165) is 12.5 Å². The number of carbonyl (C=O) groups is 2. The molecule has 0 rings (SSSR count). The van der Waals surface area contributed by atoms with Gasteiger partial charge in [0.05, 0.1) is 0 Å². The topological polar surface area (TPSA) is 91.9 Å². The Hall–Kier alpha value is -1.32. The number of rotatable bonds is 9. The van der Waals surface area contributed by atoms with Gasteiger partial charge in [-0.05, 0) is 19.0 Å². The van der Waals surface area contributed by atoms with Gasteiger partial charge in [-0.25, -0.2) is 9.59 Å². The first-order chi connectivity index (χ1) is 9.92. The molecule has 0 atom stereocenters. The summed E-state index contributed by atoms with van der Waals surface area (Å²) in [5, 5.41) is 7.72. The highest BCUT2D eigenvalue weighted by molar-refractivity contribution is 6.65. The van der Waals surface area contributed by atoms with Gasteiger partial charge in [0, 0.05) is 47.9 Å². The minimum absolute atomic E-state index is 0.160. The van der Waals surface area contributed by atoms with Gasteiger partial charge < -0.3 is 29.7 Å². The van der Waals surface area contributed by atoms with E-state index >= 15 is 0 Å². The third-order valence-corrected chi connectivity index (χ3v) is 6.31. The van der Waals surface area contributed by atoms with Gasteiger partial charge in [-0.2, -0.15) is 0 Å². The van der Waals surface area contributed by atoms with E-state index in [9.17, 15) is 9.59 Å². The first-order valence-electron chi connectivity index (χ1n) is 6.95. The second-order valence-electron chi connectivity index (χ2n) is 4.69. The molecule has 0 bridgehead atoms. The summed E-state index contributed by atoms with van der Waals surface area (Å²) in [6, 6.07) is 0.383. The van der Waals surface area contributed by atoms with Gasteiger partial charge in [-0.15, -0.1) is 0 Å². The second kappa shape index (κ2) is 10.4. The van der Waals surface area contributed by atoms with Crippen molar-refractivity contribution in [3.8, 4) is 0 Å². The number of hydrogen-bond acceptors (Lipinski definition) is 4. The van der Waals surface area contributed by atoms with E-state index in [1.807, 2.05) is 6.55 Å². The van der Waals surface area contributed by atoms with Crippen molar-refractivity contribution in [2.45, 2.75) is 19.0 Å². The first-order valence-corrected chi connectivity index (χ1v) is 9.47. The molecule has 21 heavy (non-hydrogen) atoms. The summed E-state index contributed by atoms with van der Waals surface area (Å²) in [4.78, 5) is 24.5. The molecule has 0 fully saturated rings. The fourth-order valence-corrected chi connectivity index (χ4v) is 3.12. The number of nitrogens with one attached hydrogen (secondary N) is 3. The molecule has 0 saturated heterocycles. The zero-order valence-corrected chi connectivity index (χ0v) is 14.6. The maximum absolute atomic E-state index is 11.8. The molecule has 0 aliphatic rings. The second-order valence-corrected chi connectivity index (χ2v) is 8.28. The van der Waals surface area contributed by atoms with E-state index in [1.165, 1.54) is 0 Å². The quantitative estimate of drug-likeness (QED) is 0.533. The molecular formula is C12H28N4O4Si. The van der Waals surface area contributed by atoms with Gasteiger partial charge in [0.15, 0.2) is 0 Å². The van der Waals surface area contributed by atoms with Gasteiger partial charge >= 0.3 is 20.6 Å². The molecule has 3 N–H and O–H groups in total. The molecule has 0 spiro atoms. The smallest absolute Gasteiger partial charge is 0.334 e. The molecule has 9 heteroatoms. The van der Waals surface area contributed by atoms with E-state index < -0.39 is 8.56 Å². The van der Waals surface area contributed by atoms with Crippen LogP contribution >= 0.6 is 0 Å². The predicted molar refractivity (Wildman–Crippen MR) is 83.5 cm³/mol. The van der Waals surface area contributed by atoms with Crippen LogP contribution in [0.4, 0.5) is 9.59 Å². The molecular weight excluding hydrogens is 292 g/mol. The van der Waals surface area contributed by atoms with Crippen LogP contribution in [0.1, 0.15) is 6.42 Å². The number of amides is 4. The van der Waals surface area contributed by atoms with Crippen molar-refractivity contribution in [1.29, 1.82) is 0 Å². The molecule has 124 valence electrons. The van der Waals surface area contributed by atoms with E-state index in [4.69, 9.17) is 8.85 Å². The maximum Gasteiger partial charge on any atom is 0.334 e. The minimum atomic E-state index is -2.10. The fourth-order valence-electron chi connectivity index (χ4n) is 1.74. The van der Waals surface area contributed by atoms with Crippen molar-refractivity contribution in [1.82, 2.24) is 20.9 Å². The summed E-state index contributed by atoms with van der Waals surface area (Å²) >= 11 is 0. The number of hydrogen-bond donors (Lipinski definition) is 3. The first kappa shape index (κ1) is 19.7. The van der Waals surface area contributed by atoms with Crippen LogP contribution in [0, 0.1) is 0 Å². The van der Waals surface area contributed by atoms with Crippen LogP contribution < -0.4 is 16.0 Å². The van der Waals surface area contributed by atoms with E-state index in [0.29, 0.717) is 19.6 Å². The van der Waals surface area contributed by atoms with Crippen LogP contribution in [0.25, 0.3) is 0 Å². The van der Waals surface area contributed by atoms with E-state index in [1.54, 1.807) is 33.2 Å². The SMILES string of the molecule is CNC(=O)NCCN(CCC[Si](C)(OC)OC)C(=O)NC. The van der Waals surface area contributed by atoms with E-state index in [-0.39, 0.29) is 12.1 Å². The molecule has 0 aromatic heterocycles. The fraction of sp³-hybridized carbons (Fsp3) is 0.833. The highest BCUT2D eigenvalue weighted by Crippen LogP contribution is 2.14. The van der Waals surface area contributed by atoms with Crippen molar-refractivity contribution in [3.63, 3.8) is 0 Å². The number of carbonyl (C=O) groups excluding carboxylic acids is 2. The lowest BCUT2D eigenvalue weighted by Crippen LogP contribution is -2.45. The van der Waals surface area contributed by atoms with Gasteiger partial charge in [-0.1, -0.05) is 0 Å². The van der Waals surface area contributed by atoms with Crippen molar-refractivity contribution < 1.29 is 18.4 Å². The molecule has 8 nitrogen and oxygen atoms in total. The normalized spacial score (nSPS) is 10.9. The number of nitrogens with zero attached hydrogens (tertiary/aromatic N) is 1. The van der Waals surface area contributed by atoms with E-state index in [2.05, 4.69) is 16.0 Å². The number of urea groups is 2. The molecule has 0 aromatic carbocycles. The third-order valence-electron chi connectivity index (χ3n) is 3.32. The predicted octanol–water partition coefficient (Wildman–Crippen LogP) is 0.312. The summed E-state index contributed by atoms with van der Waals surface area (Å²) in [7, 11) is 4.34. The van der Waals surface area contributed by atoms with Crippen LogP contribution in [0.2, 0.25) is 12.6 Å². The Labute approximate surface area is 127 Å². The summed E-state index contributed by atoms with van der Waals surface area (Å²) in [5.41, 5.74) is 0. The van der Waals surface area contributed by atoms with Gasteiger partial charge in [0.2, 0.25) is 0 Å². The monoisotopic (exact) mass is 320 g/mol. The Kier molecular flexibility index (Phi) is 9.75. The van der Waals surface area contributed by atoms with Crippen LogP contribution in [0.15, 0.2) is 0 Å². The Morgan fingerprint density at radius 3 is 2.19 bits per heavy atom. The Balaban J connectivity index is 4.25. The minimum Gasteiger partial charge on any atom is -0.398 e. The van der Waals surface area contributed by atoms with Crippen molar-refractivity contribution >= 4 is 20.6 Å². The maximum atomic E-state index is 11.8. The highest BCUT2D eigenvalue weighted by Gasteiger charge is 2.28. The lowest BCUT2D eigenvalue weighted by molar-refractivity contribution is 0.197. The molecule has 0 saturated carbocycles. The zero-order chi connectivity index (χ0) is 16.3. The van der Waals surface area contributed by atoms with Crippen LogP contribution in [0.5, 0.6) is 0 Å². The summed E-state index contributed by atoms with van der Waals surface area (Å²) in [6.07, 6.45) is 0.789. The summed E-state index contributed by atoms with van der Waals surface area (Å²) in [5.74, 6) is 0. The highest BCUT2D eigenvalue weighted by atomic mass is 28.4. The van der Waals surface area contributed by atoms with Crippen LogP contribution in [-0.2, 0) is 8.85 Å². The zero-order valence-electron chi connectivity index (χ0n) is 13.6. The average molecular weight is 320 g/mol. The summed E-state index contributed by atoms with van der Waals surface area (Å²) in [6.45, 7) is 3.43. The summed E-state index contributed by atoms with van der Waals surface area (Å²) < 4.78 is 10.8. The van der Waals surface area contributed by atoms with Crippen molar-refractivity contribution in [2.24, 2.45) is 0 Å². The standard InChI is InChI=1S/C12H28N4O4Si/c1-13-11(17)15-7-9-16(12(18)14-2)8-6-10-21(5,19-3)20-4/h6-10H2,1-5H3,(H,14,18)(H2,13,15,17). The van der Waals surface area contributed by atoms with Gasteiger partial charge in [0.1, 0.15) is 0 Å². The Morgan fingerprint density at radius 2 is 1.71 bits per heavy atom. The van der Waals surface area contributed by atoms with Gasteiger partial charge in [-0.3, -0.25) is 0 Å². The molecule has 0 radical (unpaired) electrons. The molecule has 0 heterocycles. The lowest BCUT2D eigenvalue weighted by atomic mass is 10.4. The van der Waals surface area contributed by atoms with Gasteiger partial charge in [0.25, 0.3) is 0 Å². The average Bonchev–Trinajstić information content (AvgIpc) is 2.51. The molecule has 0 aliphatic heterocycles. The molecule has 0 aliphatic carbocycles. The third kappa shape index (κ3) is 7.88. The van der Waals surface area contributed by atoms with Crippen LogP contribution in [-0.4, -0.2) is 73.5 Å². The molecule has 0 aromatic rings. The Bertz CT molecular complexity index is 326. The van der Waals surface area contributed by atoms with Crippen molar-refractivity contribution in [3.05, 3.63) is 0 Å².